The maximum atomic E-state index is 12.9. The Bertz CT molecular complexity index is 431. The smallest absolute Gasteiger partial charge is 0.278 e. The molecule has 0 fully saturated rings. The first-order valence-corrected chi connectivity index (χ1v) is 5.95. The van der Waals surface area contributed by atoms with Gasteiger partial charge in [-0.25, -0.2) is 0 Å². The lowest BCUT2D eigenvalue weighted by Crippen LogP contribution is -2.18. The first-order chi connectivity index (χ1) is 8.91. The molecule has 0 aliphatic heterocycles. The summed E-state index contributed by atoms with van der Waals surface area (Å²) < 4.78 is 50.9. The van der Waals surface area contributed by atoms with Gasteiger partial charge in [0.1, 0.15) is 0 Å². The zero-order chi connectivity index (χ0) is 14.5. The van der Waals surface area contributed by atoms with Crippen LogP contribution in [0.2, 0.25) is 0 Å². The Morgan fingerprint density at radius 2 is 1.95 bits per heavy atom. The molecule has 1 aromatic carbocycles. The molecule has 1 N–H and O–H groups in total. The highest BCUT2D eigenvalue weighted by molar-refractivity contribution is 5.80. The van der Waals surface area contributed by atoms with E-state index in [0.29, 0.717) is 6.42 Å². The van der Waals surface area contributed by atoms with Crippen molar-refractivity contribution in [1.82, 2.24) is 0 Å². The summed E-state index contributed by atoms with van der Waals surface area (Å²) >= 11 is 0. The van der Waals surface area contributed by atoms with Gasteiger partial charge in [0.15, 0.2) is 0 Å². The molecule has 1 rings (SSSR count). The fraction of sp³-hybridized carbons (Fsp3) is 0.462. The fourth-order valence-electron chi connectivity index (χ4n) is 1.95. The zero-order valence-corrected chi connectivity index (χ0v) is 10.4. The van der Waals surface area contributed by atoms with Crippen LogP contribution in [0.15, 0.2) is 24.3 Å². The van der Waals surface area contributed by atoms with Crippen LogP contribution < -0.4 is 0 Å². The van der Waals surface area contributed by atoms with Crippen LogP contribution in [-0.2, 0) is 11.1 Å². The Labute approximate surface area is 108 Å². The third kappa shape index (κ3) is 3.94. The molecule has 0 bridgehead atoms. The molecule has 1 atom stereocenters. The van der Waals surface area contributed by atoms with E-state index >= 15 is 0 Å². The molecular formula is C13H15F4NO. The fourth-order valence-corrected chi connectivity index (χ4v) is 1.95. The van der Waals surface area contributed by atoms with Gasteiger partial charge in [-0.2, -0.15) is 13.2 Å². The van der Waals surface area contributed by atoms with Gasteiger partial charge in [-0.3, -0.25) is 10.4 Å². The molecule has 1 unspecified atom stereocenters. The number of nitrogens with one attached hydrogen (secondary N) is 1. The van der Waals surface area contributed by atoms with Crippen molar-refractivity contribution in [2.24, 2.45) is 0 Å². The second-order valence-electron chi connectivity index (χ2n) is 4.22. The van der Waals surface area contributed by atoms with Gasteiger partial charge < -0.3 is 0 Å². The Hall–Kier alpha value is -1.59. The largest absolute Gasteiger partial charge is 0.416 e. The molecule has 0 aliphatic rings. The minimum atomic E-state index is -4.53. The molecule has 0 aromatic heterocycles. The van der Waals surface area contributed by atoms with Crippen LogP contribution in [0.25, 0.3) is 0 Å². The van der Waals surface area contributed by atoms with Gasteiger partial charge >= 0.3 is 6.18 Å². The molecule has 0 spiro atoms. The van der Waals surface area contributed by atoms with Crippen molar-refractivity contribution >= 4 is 5.90 Å². The maximum Gasteiger partial charge on any atom is 0.416 e. The van der Waals surface area contributed by atoms with E-state index in [9.17, 15) is 17.7 Å². The van der Waals surface area contributed by atoms with Crippen LogP contribution >= 0.6 is 0 Å². The molecule has 106 valence electrons. The molecule has 2 nitrogen and oxygen atoms in total. The van der Waals surface area contributed by atoms with Crippen LogP contribution in [0.3, 0.4) is 0 Å². The van der Waals surface area contributed by atoms with Gasteiger partial charge in [0.05, 0.1) is 11.5 Å². The number of hydrogen-bond acceptors (Lipinski definition) is 2. The second kappa shape index (κ2) is 6.54. The number of unbranched alkanes of at least 4 members (excludes halogenated alkanes) is 1. The van der Waals surface area contributed by atoms with E-state index in [0.717, 1.165) is 12.5 Å². The van der Waals surface area contributed by atoms with Crippen LogP contribution in [0.5, 0.6) is 0 Å². The topological polar surface area (TPSA) is 33.1 Å². The van der Waals surface area contributed by atoms with Gasteiger partial charge in [-0.15, -0.1) is 0 Å². The van der Waals surface area contributed by atoms with Gasteiger partial charge in [0.2, 0.25) is 5.90 Å². The maximum absolute atomic E-state index is 12.9. The van der Waals surface area contributed by atoms with Crippen molar-refractivity contribution in [2.75, 3.05) is 0 Å². The average Bonchev–Trinajstić information content (AvgIpc) is 2.38. The predicted octanol–water partition coefficient (Wildman–Crippen LogP) is 4.86. The number of rotatable bonds is 5. The van der Waals surface area contributed by atoms with Crippen molar-refractivity contribution in [3.05, 3.63) is 35.4 Å². The first-order valence-electron chi connectivity index (χ1n) is 5.95. The summed E-state index contributed by atoms with van der Waals surface area (Å²) in [5.74, 6) is -1.80. The minimum Gasteiger partial charge on any atom is -0.278 e. The highest BCUT2D eigenvalue weighted by atomic mass is 19.4. The van der Waals surface area contributed by atoms with Gasteiger partial charge in [-0.1, -0.05) is 38.0 Å². The SMILES string of the molecule is CCCCC(C(=N)OF)c1ccccc1C(F)(F)F. The molecule has 0 heterocycles. The summed E-state index contributed by atoms with van der Waals surface area (Å²) in [4.78, 5) is 3.35. The van der Waals surface area contributed by atoms with Gasteiger partial charge in [-0.05, 0) is 18.1 Å². The van der Waals surface area contributed by atoms with E-state index in [-0.39, 0.29) is 12.0 Å². The Morgan fingerprint density at radius 1 is 1.32 bits per heavy atom. The molecule has 0 saturated heterocycles. The quantitative estimate of drug-likeness (QED) is 0.465. The standard InChI is InChI=1S/C13H15F4NO/c1-2-3-6-10(12(18)19-17)9-7-4-5-8-11(9)13(14,15)16/h4-5,7-8,10,18H,2-3,6H2,1H3. The zero-order valence-electron chi connectivity index (χ0n) is 10.4. The van der Waals surface area contributed by atoms with Gasteiger partial charge in [0.25, 0.3) is 0 Å². The summed E-state index contributed by atoms with van der Waals surface area (Å²) in [7, 11) is 0. The van der Waals surface area contributed by atoms with Crippen molar-refractivity contribution < 1.29 is 22.6 Å². The lowest BCUT2D eigenvalue weighted by Gasteiger charge is -2.19. The highest BCUT2D eigenvalue weighted by Gasteiger charge is 2.36. The lowest BCUT2D eigenvalue weighted by molar-refractivity contribution is -0.138. The number of hydrogen-bond donors (Lipinski definition) is 1. The summed E-state index contributed by atoms with van der Waals surface area (Å²) in [6, 6.07) is 4.90. The Morgan fingerprint density at radius 3 is 2.47 bits per heavy atom. The summed E-state index contributed by atoms with van der Waals surface area (Å²) in [5.41, 5.74) is -0.969. The van der Waals surface area contributed by atoms with Crippen LogP contribution in [0, 0.1) is 5.41 Å². The van der Waals surface area contributed by atoms with Crippen molar-refractivity contribution in [1.29, 1.82) is 5.41 Å². The predicted molar refractivity (Wildman–Crippen MR) is 63.6 cm³/mol. The van der Waals surface area contributed by atoms with Crippen LogP contribution in [0.4, 0.5) is 17.7 Å². The van der Waals surface area contributed by atoms with E-state index in [1.54, 1.807) is 0 Å². The lowest BCUT2D eigenvalue weighted by atomic mass is 9.89. The van der Waals surface area contributed by atoms with E-state index in [2.05, 4.69) is 4.94 Å². The summed E-state index contributed by atoms with van der Waals surface area (Å²) in [5, 5.41) is 7.35. The normalized spacial score (nSPS) is 13.1. The first kappa shape index (κ1) is 15.5. The molecular weight excluding hydrogens is 262 g/mol. The minimum absolute atomic E-state index is 0.119. The van der Waals surface area contributed by atoms with Gasteiger partial charge in [0, 0.05) is 4.53 Å². The Kier molecular flexibility index (Phi) is 5.32. The Balaban J connectivity index is 3.18. The van der Waals surface area contributed by atoms with E-state index in [4.69, 9.17) is 5.41 Å². The van der Waals surface area contributed by atoms with Crippen molar-refractivity contribution in [2.45, 2.75) is 38.3 Å². The number of benzene rings is 1. The van der Waals surface area contributed by atoms with E-state index in [1.165, 1.54) is 18.2 Å². The molecule has 0 radical (unpaired) electrons. The monoisotopic (exact) mass is 277 g/mol. The summed E-state index contributed by atoms with van der Waals surface area (Å²) in [6.07, 6.45) is -2.96. The number of halogens is 4. The highest BCUT2D eigenvalue weighted by Crippen LogP contribution is 2.37. The molecule has 6 heteroatoms. The molecule has 19 heavy (non-hydrogen) atoms. The average molecular weight is 277 g/mol. The van der Waals surface area contributed by atoms with E-state index in [1.807, 2.05) is 6.92 Å². The number of alkyl halides is 3. The molecule has 1 aromatic rings. The summed E-state index contributed by atoms with van der Waals surface area (Å²) in [6.45, 7) is 1.87. The van der Waals surface area contributed by atoms with Crippen molar-refractivity contribution in [3.63, 3.8) is 0 Å². The molecule has 0 saturated carbocycles. The third-order valence-corrected chi connectivity index (χ3v) is 2.89. The van der Waals surface area contributed by atoms with Crippen LogP contribution in [0.1, 0.15) is 43.2 Å². The molecule has 0 amide bonds. The van der Waals surface area contributed by atoms with Crippen LogP contribution in [-0.4, -0.2) is 5.90 Å². The second-order valence-corrected chi connectivity index (χ2v) is 4.22. The van der Waals surface area contributed by atoms with Crippen molar-refractivity contribution in [3.8, 4) is 0 Å². The third-order valence-electron chi connectivity index (χ3n) is 2.89. The van der Waals surface area contributed by atoms with E-state index < -0.39 is 23.6 Å². The molecule has 0 aliphatic carbocycles.